The van der Waals surface area contributed by atoms with E-state index in [1.54, 1.807) is 17.5 Å². The topological polar surface area (TPSA) is 58.2 Å². The van der Waals surface area contributed by atoms with Gasteiger partial charge in [-0.15, -0.1) is 11.3 Å². The van der Waals surface area contributed by atoms with Crippen molar-refractivity contribution in [3.8, 4) is 0 Å². The van der Waals surface area contributed by atoms with E-state index in [0.717, 1.165) is 6.07 Å². The van der Waals surface area contributed by atoms with E-state index in [1.807, 2.05) is 0 Å². The van der Waals surface area contributed by atoms with Crippen LogP contribution in [0.1, 0.15) is 20.0 Å². The number of amides is 2. The van der Waals surface area contributed by atoms with Crippen LogP contribution in [0.2, 0.25) is 5.02 Å². The number of nitrogens with one attached hydrogen (secondary N) is 2. The van der Waals surface area contributed by atoms with Crippen LogP contribution in [-0.2, 0) is 0 Å². The minimum Gasteiger partial charge on any atom is -0.267 e. The molecule has 0 saturated carbocycles. The van der Waals surface area contributed by atoms with Crippen LogP contribution in [0.3, 0.4) is 0 Å². The molecule has 2 rings (SSSR count). The van der Waals surface area contributed by atoms with Gasteiger partial charge in [-0.1, -0.05) is 23.7 Å². The molecule has 7 heteroatoms. The molecule has 2 amide bonds. The predicted molar refractivity (Wildman–Crippen MR) is 70.7 cm³/mol. The van der Waals surface area contributed by atoms with Crippen LogP contribution in [0.5, 0.6) is 0 Å². The molecule has 0 atom stereocenters. The molecule has 0 saturated heterocycles. The lowest BCUT2D eigenvalue weighted by Crippen LogP contribution is -2.41. The second-order valence-electron chi connectivity index (χ2n) is 3.48. The molecule has 1 aromatic heterocycles. The Morgan fingerprint density at radius 2 is 1.84 bits per heavy atom. The van der Waals surface area contributed by atoms with Gasteiger partial charge in [0.2, 0.25) is 0 Å². The van der Waals surface area contributed by atoms with Crippen LogP contribution in [0.4, 0.5) is 4.39 Å². The standard InChI is InChI=1S/C12H8ClFN2O2S/c13-7-3-1-4-8(14)10(7)12(18)16-15-11(17)9-5-2-6-19-9/h1-6H,(H,15,17)(H,16,18). The first-order valence-electron chi connectivity index (χ1n) is 5.18. The molecular weight excluding hydrogens is 291 g/mol. The molecule has 2 aromatic rings. The molecule has 0 aliphatic heterocycles. The lowest BCUT2D eigenvalue weighted by atomic mass is 10.2. The summed E-state index contributed by atoms with van der Waals surface area (Å²) in [5, 5.41) is 1.70. The zero-order chi connectivity index (χ0) is 13.8. The molecule has 0 aliphatic rings. The molecule has 4 nitrogen and oxygen atoms in total. The lowest BCUT2D eigenvalue weighted by molar-refractivity contribution is 0.0846. The molecule has 0 unspecified atom stereocenters. The van der Waals surface area contributed by atoms with E-state index in [2.05, 4.69) is 10.9 Å². The van der Waals surface area contributed by atoms with Crippen molar-refractivity contribution in [3.05, 3.63) is 57.0 Å². The maximum atomic E-state index is 13.4. The number of carbonyl (C=O) groups excluding carboxylic acids is 2. The first-order valence-corrected chi connectivity index (χ1v) is 6.43. The van der Waals surface area contributed by atoms with Crippen molar-refractivity contribution in [2.75, 3.05) is 0 Å². The van der Waals surface area contributed by atoms with E-state index < -0.39 is 17.6 Å². The highest BCUT2D eigenvalue weighted by atomic mass is 35.5. The molecule has 0 aliphatic carbocycles. The van der Waals surface area contributed by atoms with Crippen molar-refractivity contribution in [2.24, 2.45) is 0 Å². The maximum Gasteiger partial charge on any atom is 0.279 e. The van der Waals surface area contributed by atoms with E-state index in [9.17, 15) is 14.0 Å². The number of hydrazine groups is 1. The molecule has 0 bridgehead atoms. The largest absolute Gasteiger partial charge is 0.279 e. The summed E-state index contributed by atoms with van der Waals surface area (Å²) in [6.45, 7) is 0. The average Bonchev–Trinajstić information content (AvgIpc) is 2.89. The first-order chi connectivity index (χ1) is 9.09. The van der Waals surface area contributed by atoms with E-state index in [1.165, 1.54) is 23.5 Å². The van der Waals surface area contributed by atoms with Crippen LogP contribution >= 0.6 is 22.9 Å². The quantitative estimate of drug-likeness (QED) is 0.837. The molecule has 1 heterocycles. The van der Waals surface area contributed by atoms with Gasteiger partial charge in [0.05, 0.1) is 15.5 Å². The van der Waals surface area contributed by atoms with Gasteiger partial charge in [-0.3, -0.25) is 20.4 Å². The third kappa shape index (κ3) is 3.10. The summed E-state index contributed by atoms with van der Waals surface area (Å²) in [5.74, 6) is -2.04. The number of halogens is 2. The van der Waals surface area contributed by atoms with Gasteiger partial charge in [0, 0.05) is 0 Å². The van der Waals surface area contributed by atoms with E-state index in [4.69, 9.17) is 11.6 Å². The number of hydrogen-bond acceptors (Lipinski definition) is 3. The Bertz CT molecular complexity index is 596. The van der Waals surface area contributed by atoms with Crippen molar-refractivity contribution < 1.29 is 14.0 Å². The van der Waals surface area contributed by atoms with Crippen LogP contribution in [0.25, 0.3) is 0 Å². The van der Waals surface area contributed by atoms with Gasteiger partial charge in [0.1, 0.15) is 5.82 Å². The Kier molecular flexibility index (Phi) is 4.13. The van der Waals surface area contributed by atoms with E-state index in [0.29, 0.717) is 4.88 Å². The van der Waals surface area contributed by atoms with E-state index >= 15 is 0 Å². The Morgan fingerprint density at radius 3 is 2.47 bits per heavy atom. The molecule has 19 heavy (non-hydrogen) atoms. The molecule has 1 aromatic carbocycles. The molecule has 2 N–H and O–H groups in total. The van der Waals surface area contributed by atoms with Crippen molar-refractivity contribution in [1.82, 2.24) is 10.9 Å². The predicted octanol–water partition coefficient (Wildman–Crippen LogP) is 2.62. The zero-order valence-corrected chi connectivity index (χ0v) is 11.0. The number of carbonyl (C=O) groups is 2. The normalized spacial score (nSPS) is 10.0. The molecule has 0 spiro atoms. The van der Waals surface area contributed by atoms with Gasteiger partial charge in [-0.2, -0.15) is 0 Å². The first kappa shape index (κ1) is 13.5. The number of benzene rings is 1. The summed E-state index contributed by atoms with van der Waals surface area (Å²) < 4.78 is 13.4. The van der Waals surface area contributed by atoms with E-state index in [-0.39, 0.29) is 10.6 Å². The summed E-state index contributed by atoms with van der Waals surface area (Å²) in [7, 11) is 0. The zero-order valence-electron chi connectivity index (χ0n) is 9.44. The van der Waals surface area contributed by atoms with Crippen molar-refractivity contribution >= 4 is 34.8 Å². The SMILES string of the molecule is O=C(NNC(=O)c1c(F)cccc1Cl)c1cccs1. The highest BCUT2D eigenvalue weighted by molar-refractivity contribution is 7.12. The molecule has 0 fully saturated rings. The molecule has 0 radical (unpaired) electrons. The van der Waals surface area contributed by atoms with Gasteiger partial charge in [0.15, 0.2) is 0 Å². The summed E-state index contributed by atoms with van der Waals surface area (Å²) in [6.07, 6.45) is 0. The minimum atomic E-state index is -0.812. The fraction of sp³-hybridized carbons (Fsp3) is 0. The number of rotatable bonds is 2. The average molecular weight is 299 g/mol. The Labute approximate surface area is 117 Å². The Hall–Kier alpha value is -1.92. The van der Waals surface area contributed by atoms with Gasteiger partial charge >= 0.3 is 0 Å². The fourth-order valence-electron chi connectivity index (χ4n) is 1.36. The third-order valence-electron chi connectivity index (χ3n) is 2.22. The maximum absolute atomic E-state index is 13.4. The van der Waals surface area contributed by atoms with Gasteiger partial charge in [-0.25, -0.2) is 4.39 Å². The lowest BCUT2D eigenvalue weighted by Gasteiger charge is -2.08. The Balaban J connectivity index is 2.04. The highest BCUT2D eigenvalue weighted by Crippen LogP contribution is 2.18. The van der Waals surface area contributed by atoms with Crippen LogP contribution in [-0.4, -0.2) is 11.8 Å². The van der Waals surface area contributed by atoms with Crippen molar-refractivity contribution in [3.63, 3.8) is 0 Å². The third-order valence-corrected chi connectivity index (χ3v) is 3.41. The molecular formula is C12H8ClFN2O2S. The summed E-state index contributed by atoms with van der Waals surface area (Å²) >= 11 is 6.95. The highest BCUT2D eigenvalue weighted by Gasteiger charge is 2.16. The molecule has 98 valence electrons. The Morgan fingerprint density at radius 1 is 1.11 bits per heavy atom. The van der Waals surface area contributed by atoms with Crippen LogP contribution in [0, 0.1) is 5.82 Å². The second kappa shape index (κ2) is 5.81. The number of hydrogen-bond donors (Lipinski definition) is 2. The van der Waals surface area contributed by atoms with Crippen LogP contribution < -0.4 is 10.9 Å². The minimum absolute atomic E-state index is 0.0251. The summed E-state index contributed by atoms with van der Waals surface area (Å²) in [5.41, 5.74) is 3.99. The summed E-state index contributed by atoms with van der Waals surface area (Å²) in [6, 6.07) is 7.19. The monoisotopic (exact) mass is 298 g/mol. The van der Waals surface area contributed by atoms with Crippen molar-refractivity contribution in [1.29, 1.82) is 0 Å². The smallest absolute Gasteiger partial charge is 0.267 e. The van der Waals surface area contributed by atoms with Crippen LogP contribution in [0.15, 0.2) is 35.7 Å². The van der Waals surface area contributed by atoms with Gasteiger partial charge < -0.3 is 0 Å². The van der Waals surface area contributed by atoms with Crippen molar-refractivity contribution in [2.45, 2.75) is 0 Å². The van der Waals surface area contributed by atoms with Gasteiger partial charge in [0.25, 0.3) is 11.8 Å². The number of thiophene rings is 1. The van der Waals surface area contributed by atoms with Gasteiger partial charge in [-0.05, 0) is 23.6 Å². The fourth-order valence-corrected chi connectivity index (χ4v) is 2.23. The summed E-state index contributed by atoms with van der Waals surface area (Å²) in [4.78, 5) is 23.7. The second-order valence-corrected chi connectivity index (χ2v) is 4.84.